The normalized spacial score (nSPS) is 10.3. The molecule has 6 nitrogen and oxygen atoms in total. The van der Waals surface area contributed by atoms with Gasteiger partial charge in [-0.1, -0.05) is 31.5 Å². The van der Waals surface area contributed by atoms with Crippen LogP contribution >= 0.6 is 0 Å². The molecule has 1 aromatic carbocycles. The Labute approximate surface area is 134 Å². The number of benzene rings is 1. The highest BCUT2D eigenvalue weighted by Gasteiger charge is 2.12. The Morgan fingerprint density at radius 1 is 1.22 bits per heavy atom. The highest BCUT2D eigenvalue weighted by molar-refractivity contribution is 5.86. The van der Waals surface area contributed by atoms with Crippen molar-refractivity contribution in [2.45, 2.75) is 32.9 Å². The Bertz CT molecular complexity index is 725. The van der Waals surface area contributed by atoms with Crippen LogP contribution in [0.25, 0.3) is 0 Å². The summed E-state index contributed by atoms with van der Waals surface area (Å²) in [7, 11) is 1.56. The summed E-state index contributed by atoms with van der Waals surface area (Å²) in [4.78, 5) is 23.8. The van der Waals surface area contributed by atoms with E-state index in [0.717, 1.165) is 18.4 Å². The van der Waals surface area contributed by atoms with Crippen molar-refractivity contribution in [3.05, 3.63) is 58.0 Å². The molecule has 0 amide bonds. The lowest BCUT2D eigenvalue weighted by Crippen LogP contribution is -2.25. The smallest absolute Gasteiger partial charge is 0.359 e. The molecule has 122 valence electrons. The van der Waals surface area contributed by atoms with Gasteiger partial charge in [0.15, 0.2) is 5.69 Å². The van der Waals surface area contributed by atoms with E-state index in [4.69, 9.17) is 9.47 Å². The molecule has 1 aromatic heterocycles. The molecule has 2 aromatic rings. The SMILES string of the molecule is CCCCn1nc(C(=O)OCc2ccccc2OC)ccc1=O. The number of nitrogens with zero attached hydrogens (tertiary/aromatic N) is 2. The van der Waals surface area contributed by atoms with Crippen LogP contribution in [0.1, 0.15) is 35.8 Å². The summed E-state index contributed by atoms with van der Waals surface area (Å²) in [5.41, 5.74) is 0.665. The fourth-order valence-corrected chi connectivity index (χ4v) is 2.07. The van der Waals surface area contributed by atoms with E-state index in [1.54, 1.807) is 13.2 Å². The minimum atomic E-state index is -0.568. The molecule has 0 radical (unpaired) electrons. The highest BCUT2D eigenvalue weighted by Crippen LogP contribution is 2.18. The average Bonchev–Trinajstić information content (AvgIpc) is 2.59. The van der Waals surface area contributed by atoms with Crippen molar-refractivity contribution in [2.24, 2.45) is 0 Å². The second-order valence-electron chi connectivity index (χ2n) is 5.02. The van der Waals surface area contributed by atoms with Crippen LogP contribution in [0.4, 0.5) is 0 Å². The number of hydrogen-bond donors (Lipinski definition) is 0. The van der Waals surface area contributed by atoms with E-state index in [1.807, 2.05) is 25.1 Å². The third-order valence-electron chi connectivity index (χ3n) is 3.35. The van der Waals surface area contributed by atoms with Crippen molar-refractivity contribution >= 4 is 5.97 Å². The first-order valence-electron chi connectivity index (χ1n) is 7.53. The molecule has 0 saturated carbocycles. The Balaban J connectivity index is 2.07. The molecule has 0 N–H and O–H groups in total. The van der Waals surface area contributed by atoms with Gasteiger partial charge in [0.25, 0.3) is 5.56 Å². The van der Waals surface area contributed by atoms with E-state index in [9.17, 15) is 9.59 Å². The number of rotatable bonds is 7. The summed E-state index contributed by atoms with van der Waals surface area (Å²) < 4.78 is 11.8. The number of carbonyl (C=O) groups excluding carboxylic acids is 1. The van der Waals surface area contributed by atoms with Gasteiger partial charge in [0.1, 0.15) is 12.4 Å². The number of aromatic nitrogens is 2. The zero-order valence-corrected chi connectivity index (χ0v) is 13.3. The molecule has 6 heteroatoms. The van der Waals surface area contributed by atoms with Gasteiger partial charge in [-0.25, -0.2) is 9.48 Å². The fraction of sp³-hybridized carbons (Fsp3) is 0.353. The average molecular weight is 316 g/mol. The Hall–Kier alpha value is -2.63. The third kappa shape index (κ3) is 4.42. The monoisotopic (exact) mass is 316 g/mol. The number of methoxy groups -OCH3 is 1. The number of carbonyl (C=O) groups is 1. The maximum Gasteiger partial charge on any atom is 0.359 e. The number of ether oxygens (including phenoxy) is 2. The number of hydrogen-bond acceptors (Lipinski definition) is 5. The molecule has 0 aliphatic heterocycles. The van der Waals surface area contributed by atoms with Crippen molar-refractivity contribution in [2.75, 3.05) is 7.11 Å². The zero-order valence-electron chi connectivity index (χ0n) is 13.3. The van der Waals surface area contributed by atoms with Crippen LogP contribution in [0, 0.1) is 0 Å². The van der Waals surface area contributed by atoms with E-state index < -0.39 is 5.97 Å². The quantitative estimate of drug-likeness (QED) is 0.734. The zero-order chi connectivity index (χ0) is 16.7. The van der Waals surface area contributed by atoms with Gasteiger partial charge in [-0.15, -0.1) is 0 Å². The maximum atomic E-state index is 12.1. The van der Waals surface area contributed by atoms with Gasteiger partial charge >= 0.3 is 5.97 Å². The van der Waals surface area contributed by atoms with Crippen LogP contribution in [-0.2, 0) is 17.9 Å². The van der Waals surface area contributed by atoms with Crippen LogP contribution in [0.15, 0.2) is 41.2 Å². The predicted molar refractivity (Wildman–Crippen MR) is 85.5 cm³/mol. The molecule has 0 saturated heterocycles. The highest BCUT2D eigenvalue weighted by atomic mass is 16.5. The minimum Gasteiger partial charge on any atom is -0.496 e. The summed E-state index contributed by atoms with van der Waals surface area (Å²) in [5.74, 6) is 0.0855. The van der Waals surface area contributed by atoms with Crippen molar-refractivity contribution < 1.29 is 14.3 Å². The minimum absolute atomic E-state index is 0.0820. The number of unbranched alkanes of at least 4 members (excludes halogenated alkanes) is 1. The van der Waals surface area contributed by atoms with Crippen molar-refractivity contribution in [3.8, 4) is 5.75 Å². The molecule has 0 bridgehead atoms. The van der Waals surface area contributed by atoms with Crippen LogP contribution in [-0.4, -0.2) is 22.9 Å². The second kappa shape index (κ2) is 8.12. The lowest BCUT2D eigenvalue weighted by molar-refractivity contribution is 0.0460. The number of para-hydroxylation sites is 1. The molecule has 0 aliphatic carbocycles. The lowest BCUT2D eigenvalue weighted by Gasteiger charge is -2.09. The molecule has 0 unspecified atom stereocenters. The molecule has 2 rings (SSSR count). The first kappa shape index (κ1) is 16.7. The maximum absolute atomic E-state index is 12.1. The predicted octanol–water partition coefficient (Wildman–Crippen LogP) is 2.41. The summed E-state index contributed by atoms with van der Waals surface area (Å²) in [6.07, 6.45) is 1.77. The van der Waals surface area contributed by atoms with Gasteiger partial charge in [0, 0.05) is 18.2 Å². The van der Waals surface area contributed by atoms with E-state index in [-0.39, 0.29) is 17.9 Å². The van der Waals surface area contributed by atoms with Gasteiger partial charge in [-0.05, 0) is 18.6 Å². The first-order chi connectivity index (χ1) is 11.2. The number of esters is 1. The van der Waals surface area contributed by atoms with Crippen molar-refractivity contribution in [1.82, 2.24) is 9.78 Å². The second-order valence-corrected chi connectivity index (χ2v) is 5.02. The van der Waals surface area contributed by atoms with Crippen LogP contribution in [0.3, 0.4) is 0 Å². The number of aryl methyl sites for hydroxylation is 1. The molecule has 1 heterocycles. The van der Waals surface area contributed by atoms with Crippen molar-refractivity contribution in [3.63, 3.8) is 0 Å². The fourth-order valence-electron chi connectivity index (χ4n) is 2.07. The third-order valence-corrected chi connectivity index (χ3v) is 3.35. The molecule has 0 aliphatic rings. The molecule has 0 spiro atoms. The van der Waals surface area contributed by atoms with Crippen molar-refractivity contribution in [1.29, 1.82) is 0 Å². The van der Waals surface area contributed by atoms with Gasteiger partial charge in [-0.3, -0.25) is 4.79 Å². The Morgan fingerprint density at radius 3 is 2.74 bits per heavy atom. The molecular formula is C17H20N2O4. The van der Waals surface area contributed by atoms with E-state index in [0.29, 0.717) is 12.3 Å². The summed E-state index contributed by atoms with van der Waals surface area (Å²) in [5, 5.41) is 4.06. The molecular weight excluding hydrogens is 296 g/mol. The van der Waals surface area contributed by atoms with E-state index in [2.05, 4.69) is 5.10 Å². The Kier molecular flexibility index (Phi) is 5.91. The van der Waals surface area contributed by atoms with E-state index >= 15 is 0 Å². The van der Waals surface area contributed by atoms with Crippen LogP contribution in [0.2, 0.25) is 0 Å². The molecule has 0 atom stereocenters. The molecule has 0 fully saturated rings. The summed E-state index contributed by atoms with van der Waals surface area (Å²) >= 11 is 0. The lowest BCUT2D eigenvalue weighted by atomic mass is 10.2. The first-order valence-corrected chi connectivity index (χ1v) is 7.53. The van der Waals surface area contributed by atoms with Gasteiger partial charge < -0.3 is 9.47 Å². The molecule has 23 heavy (non-hydrogen) atoms. The summed E-state index contributed by atoms with van der Waals surface area (Å²) in [6, 6.07) is 10.0. The largest absolute Gasteiger partial charge is 0.496 e. The van der Waals surface area contributed by atoms with Gasteiger partial charge in [0.05, 0.1) is 7.11 Å². The Morgan fingerprint density at radius 2 is 2.00 bits per heavy atom. The van der Waals surface area contributed by atoms with Crippen LogP contribution in [0.5, 0.6) is 5.75 Å². The topological polar surface area (TPSA) is 70.4 Å². The van der Waals surface area contributed by atoms with Crippen LogP contribution < -0.4 is 10.3 Å². The standard InChI is InChI=1S/C17H20N2O4/c1-3-4-11-19-16(20)10-9-14(18-19)17(21)23-12-13-7-5-6-8-15(13)22-2/h5-10H,3-4,11-12H2,1-2H3. The van der Waals surface area contributed by atoms with Gasteiger partial charge in [-0.2, -0.15) is 5.10 Å². The van der Waals surface area contributed by atoms with E-state index in [1.165, 1.54) is 16.8 Å². The van der Waals surface area contributed by atoms with Gasteiger partial charge in [0.2, 0.25) is 0 Å². The summed E-state index contributed by atoms with van der Waals surface area (Å²) in [6.45, 7) is 2.60.